The van der Waals surface area contributed by atoms with Crippen molar-refractivity contribution < 1.29 is 9.53 Å². The minimum Gasteiger partial charge on any atom is -0.494 e. The topological polar surface area (TPSA) is 103 Å². The van der Waals surface area contributed by atoms with Crippen LogP contribution in [-0.4, -0.2) is 70.7 Å². The number of hydrogen-bond donors (Lipinski definition) is 3. The van der Waals surface area contributed by atoms with E-state index in [4.69, 9.17) is 9.72 Å². The van der Waals surface area contributed by atoms with Crippen LogP contribution in [-0.2, 0) is 11.8 Å². The lowest BCUT2D eigenvalue weighted by molar-refractivity contribution is -0.111. The smallest absolute Gasteiger partial charge is 0.247 e. The van der Waals surface area contributed by atoms with Gasteiger partial charge in [-0.15, -0.1) is 0 Å². The van der Waals surface area contributed by atoms with Gasteiger partial charge in [-0.05, 0) is 31.3 Å². The number of methoxy groups -OCH3 is 1. The monoisotopic (exact) mass is 486 g/mol. The molecule has 1 aliphatic rings. The number of aromatic nitrogens is 4. The summed E-state index contributed by atoms with van der Waals surface area (Å²) in [5, 5.41) is 7.20. The van der Waals surface area contributed by atoms with Gasteiger partial charge in [0.15, 0.2) is 0 Å². The van der Waals surface area contributed by atoms with Crippen molar-refractivity contribution in [1.82, 2.24) is 24.4 Å². The zero-order valence-corrected chi connectivity index (χ0v) is 20.7. The van der Waals surface area contributed by atoms with Gasteiger partial charge in [0.2, 0.25) is 11.9 Å². The first-order chi connectivity index (χ1) is 17.4. The molecule has 1 saturated heterocycles. The van der Waals surface area contributed by atoms with Gasteiger partial charge in [0.25, 0.3) is 0 Å². The Balaban J connectivity index is 1.56. The van der Waals surface area contributed by atoms with Crippen LogP contribution in [0.25, 0.3) is 22.3 Å². The Morgan fingerprint density at radius 1 is 1.14 bits per heavy atom. The Bertz CT molecular complexity index is 1410. The summed E-state index contributed by atoms with van der Waals surface area (Å²) in [6.45, 7) is 7.15. The molecule has 10 nitrogen and oxygen atoms in total. The largest absolute Gasteiger partial charge is 0.494 e. The van der Waals surface area contributed by atoms with E-state index in [9.17, 15) is 4.79 Å². The molecule has 0 spiro atoms. The molecule has 5 rings (SSSR count). The van der Waals surface area contributed by atoms with Gasteiger partial charge in [-0.2, -0.15) is 4.98 Å². The number of benzene rings is 1. The van der Waals surface area contributed by atoms with Crippen molar-refractivity contribution in [2.75, 3.05) is 55.9 Å². The number of aryl methyl sites for hydroxylation is 1. The molecule has 4 aromatic rings. The number of aromatic amines is 1. The Morgan fingerprint density at radius 2 is 1.94 bits per heavy atom. The minimum absolute atomic E-state index is 0.281. The van der Waals surface area contributed by atoms with Crippen molar-refractivity contribution in [3.8, 4) is 17.0 Å². The van der Waals surface area contributed by atoms with Gasteiger partial charge in [0, 0.05) is 68.8 Å². The summed E-state index contributed by atoms with van der Waals surface area (Å²) < 4.78 is 7.73. The van der Waals surface area contributed by atoms with Crippen molar-refractivity contribution in [2.24, 2.45) is 7.05 Å². The lowest BCUT2D eigenvalue weighted by Gasteiger charge is -2.35. The average molecular weight is 487 g/mol. The molecule has 0 atom stereocenters. The number of nitrogens with one attached hydrogen (secondary N) is 3. The molecular formula is C26H30N8O2. The Labute approximate surface area is 209 Å². The summed E-state index contributed by atoms with van der Waals surface area (Å²) in [5.74, 6) is 0.754. The molecule has 36 heavy (non-hydrogen) atoms. The van der Waals surface area contributed by atoms with E-state index in [2.05, 4.69) is 44.0 Å². The second-order valence-electron chi connectivity index (χ2n) is 8.88. The van der Waals surface area contributed by atoms with Gasteiger partial charge >= 0.3 is 0 Å². The van der Waals surface area contributed by atoms with E-state index in [0.29, 0.717) is 23.1 Å². The van der Waals surface area contributed by atoms with Crippen LogP contribution in [0.1, 0.15) is 0 Å². The number of nitrogens with zero attached hydrogens (tertiary/aromatic N) is 5. The van der Waals surface area contributed by atoms with Crippen molar-refractivity contribution in [2.45, 2.75) is 0 Å². The van der Waals surface area contributed by atoms with Crippen molar-refractivity contribution in [3.63, 3.8) is 0 Å². The van der Waals surface area contributed by atoms with Crippen LogP contribution in [0.15, 0.2) is 55.5 Å². The molecular weight excluding hydrogens is 456 g/mol. The first kappa shape index (κ1) is 23.4. The number of hydrogen-bond acceptors (Lipinski definition) is 7. The van der Waals surface area contributed by atoms with Gasteiger partial charge in [0.1, 0.15) is 11.4 Å². The number of anilines is 4. The Morgan fingerprint density at radius 3 is 2.64 bits per heavy atom. The summed E-state index contributed by atoms with van der Waals surface area (Å²) in [6, 6.07) is 7.79. The van der Waals surface area contributed by atoms with Crippen LogP contribution in [0.4, 0.5) is 23.0 Å². The summed E-state index contributed by atoms with van der Waals surface area (Å²) in [7, 11) is 5.71. The first-order valence-corrected chi connectivity index (χ1v) is 11.8. The molecule has 1 fully saturated rings. The highest BCUT2D eigenvalue weighted by atomic mass is 16.5. The summed E-state index contributed by atoms with van der Waals surface area (Å²) in [5.41, 5.74) is 4.73. The van der Waals surface area contributed by atoms with E-state index in [1.54, 1.807) is 7.11 Å². The fourth-order valence-corrected chi connectivity index (χ4v) is 4.41. The van der Waals surface area contributed by atoms with Crippen molar-refractivity contribution in [3.05, 3.63) is 55.5 Å². The predicted octanol–water partition coefficient (Wildman–Crippen LogP) is 3.59. The van der Waals surface area contributed by atoms with Crippen LogP contribution < -0.4 is 20.3 Å². The minimum atomic E-state index is -0.281. The molecule has 3 N–H and O–H groups in total. The van der Waals surface area contributed by atoms with Gasteiger partial charge in [-0.3, -0.25) is 4.79 Å². The maximum atomic E-state index is 12.3. The fourth-order valence-electron chi connectivity index (χ4n) is 4.41. The molecule has 1 aromatic carbocycles. The van der Waals surface area contributed by atoms with E-state index in [-0.39, 0.29) is 5.91 Å². The summed E-state index contributed by atoms with van der Waals surface area (Å²) in [4.78, 5) is 29.5. The zero-order chi connectivity index (χ0) is 25.2. The van der Waals surface area contributed by atoms with Crippen LogP contribution >= 0.6 is 0 Å². The molecule has 1 amide bonds. The molecule has 4 heterocycles. The first-order valence-electron chi connectivity index (χ1n) is 11.8. The zero-order valence-electron chi connectivity index (χ0n) is 20.7. The van der Waals surface area contributed by atoms with Crippen LogP contribution in [0.5, 0.6) is 5.75 Å². The lowest BCUT2D eigenvalue weighted by Crippen LogP contribution is -2.44. The van der Waals surface area contributed by atoms with E-state index < -0.39 is 0 Å². The van der Waals surface area contributed by atoms with E-state index in [1.807, 2.05) is 54.5 Å². The molecule has 0 unspecified atom stereocenters. The maximum absolute atomic E-state index is 12.3. The lowest BCUT2D eigenvalue weighted by atomic mass is 10.1. The number of carbonyl (C=O) groups excluding carboxylic acids is 1. The fraction of sp³-hybridized carbons (Fsp3) is 0.269. The molecule has 0 saturated carbocycles. The number of amides is 1. The third-order valence-electron chi connectivity index (χ3n) is 6.37. The molecule has 10 heteroatoms. The van der Waals surface area contributed by atoms with Crippen molar-refractivity contribution >= 4 is 40.0 Å². The standard InChI is InChI=1S/C26H30N8O2/c1-5-23(35)28-19-14-20(22(36-4)15-21(19)34-12-10-32(2)11-13-34)29-26-30-24(17-7-9-33(3)16-17)18-6-8-27-25(18)31-26/h5-9,14-16H,1,10-13H2,2-4H3,(H,28,35)(H2,27,29,30,31). The molecule has 1 aliphatic heterocycles. The van der Waals surface area contributed by atoms with Gasteiger partial charge in [-0.25, -0.2) is 4.98 Å². The van der Waals surface area contributed by atoms with Crippen LogP contribution in [0.3, 0.4) is 0 Å². The average Bonchev–Trinajstić information content (AvgIpc) is 3.53. The van der Waals surface area contributed by atoms with E-state index in [1.165, 1.54) is 6.08 Å². The van der Waals surface area contributed by atoms with Crippen molar-refractivity contribution in [1.29, 1.82) is 0 Å². The summed E-state index contributed by atoms with van der Waals surface area (Å²) in [6.07, 6.45) is 7.12. The SMILES string of the molecule is C=CC(=O)Nc1cc(Nc2nc(-c3ccn(C)c3)c3cc[nH]c3n2)c(OC)cc1N1CCN(C)CC1. The third-order valence-corrected chi connectivity index (χ3v) is 6.37. The highest BCUT2D eigenvalue weighted by molar-refractivity contribution is 6.02. The van der Waals surface area contributed by atoms with Crippen LogP contribution in [0.2, 0.25) is 0 Å². The second-order valence-corrected chi connectivity index (χ2v) is 8.88. The number of fused-ring (bicyclic) bond motifs is 1. The van der Waals surface area contributed by atoms with Gasteiger partial charge < -0.3 is 34.7 Å². The number of carbonyl (C=O) groups is 1. The molecule has 186 valence electrons. The number of ether oxygens (including phenoxy) is 1. The quantitative estimate of drug-likeness (QED) is 0.343. The Kier molecular flexibility index (Phi) is 6.34. The van der Waals surface area contributed by atoms with Gasteiger partial charge in [-0.1, -0.05) is 6.58 Å². The second kappa shape index (κ2) is 9.74. The number of rotatable bonds is 7. The third kappa shape index (κ3) is 4.63. The number of piperazine rings is 1. The molecule has 0 radical (unpaired) electrons. The highest BCUT2D eigenvalue weighted by Crippen LogP contribution is 2.39. The Hall–Kier alpha value is -4.31. The van der Waals surface area contributed by atoms with Crippen LogP contribution in [0, 0.1) is 0 Å². The van der Waals surface area contributed by atoms with E-state index in [0.717, 1.165) is 54.2 Å². The normalized spacial score (nSPS) is 14.1. The predicted molar refractivity (Wildman–Crippen MR) is 143 cm³/mol. The maximum Gasteiger partial charge on any atom is 0.247 e. The van der Waals surface area contributed by atoms with Gasteiger partial charge in [0.05, 0.1) is 29.9 Å². The highest BCUT2D eigenvalue weighted by Gasteiger charge is 2.21. The molecule has 0 bridgehead atoms. The summed E-state index contributed by atoms with van der Waals surface area (Å²) >= 11 is 0. The number of H-pyrrole nitrogens is 1. The van der Waals surface area contributed by atoms with E-state index >= 15 is 0 Å². The molecule has 0 aliphatic carbocycles. The number of likely N-dealkylation sites (N-methyl/N-ethyl adjacent to an activating group) is 1. The molecule has 3 aromatic heterocycles.